The molecule has 6 heteroatoms. The number of carbonyl (C=O) groups is 1. The molecule has 24 heavy (non-hydrogen) atoms. The van der Waals surface area contributed by atoms with Crippen LogP contribution in [0.1, 0.15) is 30.2 Å². The Balaban J connectivity index is 1.95. The molecule has 1 atom stereocenters. The van der Waals surface area contributed by atoms with Gasteiger partial charge in [-0.3, -0.25) is 10.2 Å². The highest BCUT2D eigenvalue weighted by Gasteiger charge is 2.39. The first kappa shape index (κ1) is 16.3. The first-order chi connectivity index (χ1) is 11.3. The number of amides is 1. The van der Waals surface area contributed by atoms with Crippen LogP contribution >= 0.6 is 11.3 Å². The number of nitriles is 1. The third-order valence-corrected chi connectivity index (χ3v) is 5.89. The molecular formula is C18H16FN3OS. The third-order valence-electron chi connectivity index (χ3n) is 4.45. The molecule has 0 unspecified atom stereocenters. The summed E-state index contributed by atoms with van der Waals surface area (Å²) in [5, 5.41) is 17.0. The average molecular weight is 341 g/mol. The Morgan fingerprint density at radius 3 is 2.75 bits per heavy atom. The summed E-state index contributed by atoms with van der Waals surface area (Å²) in [6.07, 6.45) is 0.862. The van der Waals surface area contributed by atoms with Gasteiger partial charge in [0.2, 0.25) is 5.91 Å². The minimum Gasteiger partial charge on any atom is -0.304 e. The van der Waals surface area contributed by atoms with Gasteiger partial charge >= 0.3 is 0 Å². The van der Waals surface area contributed by atoms with Crippen molar-refractivity contribution in [3.05, 3.63) is 46.6 Å². The van der Waals surface area contributed by atoms with Gasteiger partial charge in [0.1, 0.15) is 17.7 Å². The molecule has 0 spiro atoms. The normalized spacial score (nSPS) is 21.0. The van der Waals surface area contributed by atoms with Gasteiger partial charge in [0, 0.05) is 35.1 Å². The first-order valence-electron chi connectivity index (χ1n) is 7.48. The summed E-state index contributed by atoms with van der Waals surface area (Å²) in [5.74, 6) is -0.270. The maximum Gasteiger partial charge on any atom is 0.228 e. The Hall–Kier alpha value is -2.52. The molecule has 2 heterocycles. The number of likely N-dealkylation sites (tertiary alicyclic amines) is 1. The smallest absolute Gasteiger partial charge is 0.228 e. The molecule has 122 valence electrons. The fourth-order valence-electron chi connectivity index (χ4n) is 2.91. The fraction of sp³-hybridized carbons (Fsp3) is 0.278. The number of hydrogen-bond donors (Lipinski definition) is 1. The van der Waals surface area contributed by atoms with Crippen molar-refractivity contribution in [2.24, 2.45) is 0 Å². The Morgan fingerprint density at radius 1 is 1.33 bits per heavy atom. The molecule has 1 amide bonds. The molecule has 1 N–H and O–H groups in total. The molecule has 0 radical (unpaired) electrons. The van der Waals surface area contributed by atoms with E-state index in [1.165, 1.54) is 28.4 Å². The number of nitrogens with zero attached hydrogens (tertiary/aromatic N) is 2. The van der Waals surface area contributed by atoms with E-state index in [-0.39, 0.29) is 11.5 Å². The average Bonchev–Trinajstić information content (AvgIpc) is 3.04. The second-order valence-electron chi connectivity index (χ2n) is 6.28. The van der Waals surface area contributed by atoms with E-state index in [0.29, 0.717) is 18.7 Å². The molecule has 1 aromatic carbocycles. The molecule has 1 aromatic heterocycles. The number of benzene rings is 1. The van der Waals surface area contributed by atoms with Crippen LogP contribution in [0.4, 0.5) is 4.39 Å². The van der Waals surface area contributed by atoms with Crippen molar-refractivity contribution in [3.8, 4) is 16.5 Å². The summed E-state index contributed by atoms with van der Waals surface area (Å²) in [6.45, 7) is 1.99. The second kappa shape index (κ2) is 5.84. The number of thiophene rings is 1. The molecule has 1 aliphatic rings. The molecule has 2 aromatic rings. The summed E-state index contributed by atoms with van der Waals surface area (Å²) in [5.41, 5.74) is 0.397. The summed E-state index contributed by atoms with van der Waals surface area (Å²) in [7, 11) is 1.63. The Labute approximate surface area is 143 Å². The molecule has 0 aliphatic carbocycles. The van der Waals surface area contributed by atoms with Crippen LogP contribution in [0, 0.1) is 22.6 Å². The monoisotopic (exact) mass is 341 g/mol. The fourth-order valence-corrected chi connectivity index (χ4v) is 4.05. The van der Waals surface area contributed by atoms with Gasteiger partial charge in [-0.05, 0) is 29.8 Å². The Morgan fingerprint density at radius 2 is 2.08 bits per heavy atom. The first-order valence-corrected chi connectivity index (χ1v) is 8.30. The van der Waals surface area contributed by atoms with Crippen LogP contribution in [0.5, 0.6) is 0 Å². The Kier molecular flexibility index (Phi) is 3.98. The van der Waals surface area contributed by atoms with Crippen molar-refractivity contribution in [1.82, 2.24) is 4.90 Å². The lowest BCUT2D eigenvalue weighted by molar-refractivity contribution is -0.128. The van der Waals surface area contributed by atoms with Gasteiger partial charge in [0.05, 0.1) is 5.56 Å². The zero-order chi connectivity index (χ0) is 17.5. The van der Waals surface area contributed by atoms with E-state index in [1.54, 1.807) is 13.1 Å². The lowest BCUT2D eigenvalue weighted by Gasteiger charge is -2.36. The maximum atomic E-state index is 13.5. The van der Waals surface area contributed by atoms with Gasteiger partial charge in [-0.1, -0.05) is 13.0 Å². The highest BCUT2D eigenvalue weighted by molar-refractivity contribution is 7.15. The van der Waals surface area contributed by atoms with E-state index >= 15 is 0 Å². The number of carbonyl (C=O) groups excluding carboxylic acids is 1. The van der Waals surface area contributed by atoms with Crippen LogP contribution in [0.25, 0.3) is 10.4 Å². The molecule has 1 fully saturated rings. The van der Waals surface area contributed by atoms with Crippen molar-refractivity contribution < 1.29 is 9.18 Å². The third kappa shape index (κ3) is 2.72. The van der Waals surface area contributed by atoms with Crippen LogP contribution in [-0.4, -0.2) is 23.7 Å². The molecule has 3 rings (SSSR count). The van der Waals surface area contributed by atoms with Gasteiger partial charge in [-0.15, -0.1) is 11.3 Å². The minimum atomic E-state index is -0.528. The predicted molar refractivity (Wildman–Crippen MR) is 91.5 cm³/mol. The summed E-state index contributed by atoms with van der Waals surface area (Å²) in [6, 6.07) is 10.2. The topological polar surface area (TPSA) is 68.0 Å². The standard InChI is InChI=1S/C18H16FN3OS/c1-18(8-16(21)22(2)17(23)9-18)15-6-5-14(24-15)11-3-4-13(19)12(7-11)10-20/h3-7,21H,8-9H2,1-2H3/t18-/m0/s1. The lowest BCUT2D eigenvalue weighted by Crippen LogP contribution is -2.46. The van der Waals surface area contributed by atoms with Gasteiger partial charge in [-0.2, -0.15) is 5.26 Å². The highest BCUT2D eigenvalue weighted by Crippen LogP contribution is 2.42. The summed E-state index contributed by atoms with van der Waals surface area (Å²) in [4.78, 5) is 15.4. The van der Waals surface area contributed by atoms with Crippen LogP contribution in [-0.2, 0) is 10.2 Å². The SMILES string of the molecule is CN1C(=N)C[C@](C)(c2ccc(-c3ccc(F)c(C#N)c3)s2)CC1=O. The quantitative estimate of drug-likeness (QED) is 0.900. The lowest BCUT2D eigenvalue weighted by atomic mass is 9.78. The van der Waals surface area contributed by atoms with Gasteiger partial charge in [0.25, 0.3) is 0 Å². The van der Waals surface area contributed by atoms with Crippen LogP contribution < -0.4 is 0 Å². The van der Waals surface area contributed by atoms with E-state index in [2.05, 4.69) is 0 Å². The van der Waals surface area contributed by atoms with Gasteiger partial charge < -0.3 is 4.90 Å². The van der Waals surface area contributed by atoms with Crippen molar-refractivity contribution in [2.75, 3.05) is 7.05 Å². The molecule has 0 bridgehead atoms. The zero-order valence-corrected chi connectivity index (χ0v) is 14.2. The van der Waals surface area contributed by atoms with Crippen LogP contribution in [0.2, 0.25) is 0 Å². The summed E-state index contributed by atoms with van der Waals surface area (Å²) >= 11 is 1.52. The number of piperidine rings is 1. The number of rotatable bonds is 2. The van der Waals surface area contributed by atoms with E-state index in [9.17, 15) is 9.18 Å². The van der Waals surface area contributed by atoms with E-state index in [1.807, 2.05) is 25.1 Å². The van der Waals surface area contributed by atoms with Gasteiger partial charge in [0.15, 0.2) is 0 Å². The van der Waals surface area contributed by atoms with Crippen LogP contribution in [0.3, 0.4) is 0 Å². The number of nitrogens with one attached hydrogen (secondary N) is 1. The molecule has 1 aliphatic heterocycles. The molecule has 0 saturated carbocycles. The number of hydrogen-bond acceptors (Lipinski definition) is 4. The minimum absolute atomic E-state index is 0.0184. The highest BCUT2D eigenvalue weighted by atomic mass is 32.1. The zero-order valence-electron chi connectivity index (χ0n) is 13.4. The number of amidine groups is 1. The molecule has 1 saturated heterocycles. The van der Waals surface area contributed by atoms with Crippen molar-refractivity contribution in [2.45, 2.75) is 25.2 Å². The number of halogens is 1. The van der Waals surface area contributed by atoms with Crippen molar-refractivity contribution in [3.63, 3.8) is 0 Å². The van der Waals surface area contributed by atoms with E-state index in [4.69, 9.17) is 10.7 Å². The van der Waals surface area contributed by atoms with Gasteiger partial charge in [-0.25, -0.2) is 4.39 Å². The Bertz CT molecular complexity index is 863. The molecule has 4 nitrogen and oxygen atoms in total. The van der Waals surface area contributed by atoms with Crippen LogP contribution in [0.15, 0.2) is 30.3 Å². The predicted octanol–water partition coefficient (Wildman–Crippen LogP) is 3.91. The second-order valence-corrected chi connectivity index (χ2v) is 7.37. The van der Waals surface area contributed by atoms with Crippen molar-refractivity contribution >= 4 is 23.1 Å². The van der Waals surface area contributed by atoms with Crippen molar-refractivity contribution in [1.29, 1.82) is 10.7 Å². The maximum absolute atomic E-state index is 13.5. The summed E-state index contributed by atoms with van der Waals surface area (Å²) < 4.78 is 13.5. The van der Waals surface area contributed by atoms with E-state index in [0.717, 1.165) is 15.3 Å². The molecular weight excluding hydrogens is 325 g/mol. The van der Waals surface area contributed by atoms with E-state index < -0.39 is 11.2 Å². The largest absolute Gasteiger partial charge is 0.304 e.